The number of hydrogen-bond donors (Lipinski definition) is 3. The zero-order valence-corrected chi connectivity index (χ0v) is 20.3. The van der Waals surface area contributed by atoms with Gasteiger partial charge in [0, 0.05) is 11.5 Å². The van der Waals surface area contributed by atoms with Crippen LogP contribution in [0.1, 0.15) is 46.7 Å². The number of carboxylic acids is 1. The predicted molar refractivity (Wildman–Crippen MR) is 141 cm³/mol. The van der Waals surface area contributed by atoms with E-state index in [4.69, 9.17) is 5.11 Å². The van der Waals surface area contributed by atoms with Crippen LogP contribution in [0.25, 0.3) is 28.1 Å². The van der Waals surface area contributed by atoms with Crippen molar-refractivity contribution in [2.24, 2.45) is 0 Å². The molecule has 0 fully saturated rings. The Kier molecular flexibility index (Phi) is 7.39. The number of nitrogens with zero attached hydrogens (tertiary/aromatic N) is 1. The fourth-order valence-electron chi connectivity index (χ4n) is 4.27. The van der Waals surface area contributed by atoms with Gasteiger partial charge in [0.15, 0.2) is 11.1 Å². The van der Waals surface area contributed by atoms with Gasteiger partial charge in [0.1, 0.15) is 0 Å². The Bertz CT molecular complexity index is 1470. The average molecular weight is 487 g/mol. The van der Waals surface area contributed by atoms with Crippen LogP contribution < -0.4 is 0 Å². The third-order valence-electron chi connectivity index (χ3n) is 5.92. The molecule has 0 bridgehead atoms. The van der Waals surface area contributed by atoms with Gasteiger partial charge in [0.25, 0.3) is 0 Å². The smallest absolute Gasteiger partial charge is 0.328 e. The molecule has 0 radical (unpaired) electrons. The van der Waals surface area contributed by atoms with Gasteiger partial charge < -0.3 is 9.66 Å². The quantitative estimate of drug-likeness (QED) is 0.160. The minimum Gasteiger partial charge on any atom is -0.478 e. The largest absolute Gasteiger partial charge is 0.478 e. The Morgan fingerprint density at radius 1 is 1.06 bits per heavy atom. The lowest BCUT2D eigenvalue weighted by atomic mass is 9.85. The van der Waals surface area contributed by atoms with Crippen LogP contribution in [0, 0.1) is 6.92 Å². The summed E-state index contributed by atoms with van der Waals surface area (Å²) in [6.45, 7) is 4.15. The maximum absolute atomic E-state index is 11.5. The zero-order chi connectivity index (χ0) is 24.9. The van der Waals surface area contributed by atoms with Crippen molar-refractivity contribution in [2.45, 2.75) is 26.0 Å². The van der Waals surface area contributed by atoms with Crippen LogP contribution in [0.15, 0.2) is 72.9 Å². The van der Waals surface area contributed by atoms with Gasteiger partial charge >= 0.3 is 5.97 Å². The Balaban J connectivity index is 1.94. The maximum atomic E-state index is 11.5. The van der Waals surface area contributed by atoms with Crippen molar-refractivity contribution >= 4 is 45.2 Å². The van der Waals surface area contributed by atoms with Crippen LogP contribution in [-0.4, -0.2) is 30.0 Å². The van der Waals surface area contributed by atoms with E-state index in [2.05, 4.69) is 29.3 Å². The minimum atomic E-state index is -1.92. The van der Waals surface area contributed by atoms with Crippen molar-refractivity contribution in [3.8, 4) is 0 Å². The first kappa shape index (κ1) is 24.3. The van der Waals surface area contributed by atoms with Gasteiger partial charge in [-0.25, -0.2) is 9.00 Å². The summed E-state index contributed by atoms with van der Waals surface area (Å²) >= 11 is -1.92. The maximum Gasteiger partial charge on any atom is 0.328 e. The van der Waals surface area contributed by atoms with E-state index in [0.29, 0.717) is 0 Å². The molecule has 3 N–H and O–H groups in total. The summed E-state index contributed by atoms with van der Waals surface area (Å²) < 4.78 is 20.9. The lowest BCUT2D eigenvalue weighted by Crippen LogP contribution is -2.00. The van der Waals surface area contributed by atoms with Crippen LogP contribution in [0.3, 0.4) is 0 Å². The molecular formula is C28H26N2O4S. The zero-order valence-electron chi connectivity index (χ0n) is 19.5. The SMILES string of the molecule is CC/C(=C(/c1ccc(/C=C/C(=O)O)cc1)c1ccc2[nH]ncc2c1)c1cc(CS(=O)O)ccc1C. The molecule has 35 heavy (non-hydrogen) atoms. The van der Waals surface area contributed by atoms with Crippen molar-refractivity contribution < 1.29 is 18.7 Å². The van der Waals surface area contributed by atoms with E-state index in [1.54, 1.807) is 12.3 Å². The standard InChI is InChI=1S/C28H26N2O4S/c1-3-24(25-14-20(17-35(33)34)5-4-18(25)2)28(22-11-12-26-23(15-22)16-29-30-26)21-9-6-19(7-10-21)8-13-27(31)32/h4-16H,3,17H2,1-2H3,(H,29,30)(H,31,32)(H,33,34)/b13-8+,28-24+. The van der Waals surface area contributed by atoms with E-state index < -0.39 is 17.0 Å². The van der Waals surface area contributed by atoms with Crippen LogP contribution in [0.2, 0.25) is 0 Å². The first-order valence-electron chi connectivity index (χ1n) is 11.2. The number of aromatic amines is 1. The Morgan fingerprint density at radius 3 is 2.49 bits per heavy atom. The van der Waals surface area contributed by atoms with Crippen molar-refractivity contribution in [3.63, 3.8) is 0 Å². The molecule has 0 amide bonds. The molecule has 7 heteroatoms. The van der Waals surface area contributed by atoms with Crippen molar-refractivity contribution in [1.29, 1.82) is 0 Å². The second kappa shape index (κ2) is 10.6. The van der Waals surface area contributed by atoms with E-state index >= 15 is 0 Å². The van der Waals surface area contributed by atoms with E-state index in [1.165, 1.54) is 0 Å². The summed E-state index contributed by atoms with van der Waals surface area (Å²) in [5.74, 6) is -0.916. The second-order valence-electron chi connectivity index (χ2n) is 8.29. The van der Waals surface area contributed by atoms with Crippen molar-refractivity contribution in [1.82, 2.24) is 10.2 Å². The monoisotopic (exact) mass is 486 g/mol. The molecule has 0 spiro atoms. The Morgan fingerprint density at radius 2 is 1.80 bits per heavy atom. The number of hydrogen-bond acceptors (Lipinski definition) is 3. The van der Waals surface area contributed by atoms with Gasteiger partial charge in [-0.1, -0.05) is 55.5 Å². The molecule has 6 nitrogen and oxygen atoms in total. The number of aliphatic carboxylic acids is 1. The second-order valence-corrected chi connectivity index (χ2v) is 9.22. The van der Waals surface area contributed by atoms with Gasteiger partial charge in [-0.3, -0.25) is 5.10 Å². The highest BCUT2D eigenvalue weighted by molar-refractivity contribution is 7.78. The third kappa shape index (κ3) is 5.65. The molecule has 0 saturated carbocycles. The summed E-state index contributed by atoms with van der Waals surface area (Å²) in [5.41, 5.74) is 8.85. The number of nitrogens with one attached hydrogen (secondary N) is 1. The van der Waals surface area contributed by atoms with Crippen LogP contribution >= 0.6 is 0 Å². The van der Waals surface area contributed by atoms with Gasteiger partial charge in [-0.2, -0.15) is 5.10 Å². The molecule has 4 aromatic rings. The normalized spacial score (nSPS) is 13.2. The van der Waals surface area contributed by atoms with E-state index in [9.17, 15) is 13.6 Å². The number of allylic oxidation sites excluding steroid dienone is 1. The lowest BCUT2D eigenvalue weighted by Gasteiger charge is -2.19. The molecule has 0 saturated heterocycles. The molecular weight excluding hydrogens is 460 g/mol. The summed E-state index contributed by atoms with van der Waals surface area (Å²) in [6.07, 6.45) is 5.22. The highest BCUT2D eigenvalue weighted by Crippen LogP contribution is 2.37. The Hall–Kier alpha value is -3.81. The summed E-state index contributed by atoms with van der Waals surface area (Å²) in [5, 5.41) is 17.1. The molecule has 178 valence electrons. The van der Waals surface area contributed by atoms with Crippen molar-refractivity contribution in [2.75, 3.05) is 0 Å². The number of aromatic nitrogens is 2. The number of carbonyl (C=O) groups is 1. The molecule has 4 rings (SSSR count). The van der Waals surface area contributed by atoms with Crippen LogP contribution in [0.4, 0.5) is 0 Å². The fraction of sp³-hybridized carbons (Fsp3) is 0.143. The third-order valence-corrected chi connectivity index (χ3v) is 6.50. The molecule has 1 unspecified atom stereocenters. The van der Waals surface area contributed by atoms with Crippen molar-refractivity contribution in [3.05, 3.63) is 106 Å². The van der Waals surface area contributed by atoms with Crippen LogP contribution in [0.5, 0.6) is 0 Å². The van der Waals surface area contributed by atoms with Gasteiger partial charge in [0.05, 0.1) is 17.5 Å². The average Bonchev–Trinajstić information content (AvgIpc) is 3.31. The topological polar surface area (TPSA) is 103 Å². The van der Waals surface area contributed by atoms with Crippen LogP contribution in [-0.2, 0) is 21.6 Å². The number of carboxylic acid groups (broad SMARTS) is 1. The minimum absolute atomic E-state index is 0.0746. The first-order valence-corrected chi connectivity index (χ1v) is 12.5. The summed E-state index contributed by atoms with van der Waals surface area (Å²) in [4.78, 5) is 10.9. The number of fused-ring (bicyclic) bond motifs is 1. The van der Waals surface area contributed by atoms with Gasteiger partial charge in [0.2, 0.25) is 0 Å². The summed E-state index contributed by atoms with van der Waals surface area (Å²) in [7, 11) is 0. The highest BCUT2D eigenvalue weighted by Gasteiger charge is 2.16. The molecule has 1 heterocycles. The van der Waals surface area contributed by atoms with E-state index in [-0.39, 0.29) is 5.75 Å². The predicted octanol–water partition coefficient (Wildman–Crippen LogP) is 6.06. The van der Waals surface area contributed by atoms with E-state index in [1.807, 2.05) is 55.5 Å². The number of rotatable bonds is 8. The first-order chi connectivity index (χ1) is 16.9. The number of benzene rings is 3. The fourth-order valence-corrected chi connectivity index (χ4v) is 4.74. The number of aryl methyl sites for hydroxylation is 1. The molecule has 3 aromatic carbocycles. The van der Waals surface area contributed by atoms with E-state index in [0.717, 1.165) is 67.9 Å². The molecule has 0 aliphatic heterocycles. The molecule has 1 aromatic heterocycles. The highest BCUT2D eigenvalue weighted by atomic mass is 32.2. The molecule has 0 aliphatic rings. The summed E-state index contributed by atoms with van der Waals surface area (Å²) in [6, 6.07) is 19.8. The molecule has 1 atom stereocenters. The molecule has 0 aliphatic carbocycles. The van der Waals surface area contributed by atoms with Gasteiger partial charge in [-0.15, -0.1) is 0 Å². The Labute approximate surface area is 206 Å². The number of H-pyrrole nitrogens is 1. The van der Waals surface area contributed by atoms with Gasteiger partial charge in [-0.05, 0) is 76.1 Å². The lowest BCUT2D eigenvalue weighted by molar-refractivity contribution is -0.131.